The topological polar surface area (TPSA) is 55.7 Å². The predicted octanol–water partition coefficient (Wildman–Crippen LogP) is 4.95. The highest BCUT2D eigenvalue weighted by molar-refractivity contribution is 7.17. The SMILES string of the molecule is Cc1cc(OCCC2CCOC2)cc2c1NC(c1cc3ccsc3cn1)N=C2. The van der Waals surface area contributed by atoms with Crippen molar-refractivity contribution < 1.29 is 9.47 Å². The lowest BCUT2D eigenvalue weighted by atomic mass is 10.0. The van der Waals surface area contributed by atoms with Crippen molar-refractivity contribution in [3.05, 3.63) is 52.7 Å². The third-order valence-corrected chi connectivity index (χ3v) is 6.31. The molecule has 4 heterocycles. The summed E-state index contributed by atoms with van der Waals surface area (Å²) in [6.45, 7) is 4.59. The van der Waals surface area contributed by atoms with E-state index in [1.807, 2.05) is 12.4 Å². The van der Waals surface area contributed by atoms with Crippen molar-refractivity contribution in [1.29, 1.82) is 0 Å². The molecule has 6 heteroatoms. The number of fused-ring (bicyclic) bond motifs is 2. The summed E-state index contributed by atoms with van der Waals surface area (Å²) in [4.78, 5) is 9.29. The largest absolute Gasteiger partial charge is 0.494 e. The molecule has 1 aromatic carbocycles. The molecule has 0 saturated carbocycles. The van der Waals surface area contributed by atoms with Gasteiger partial charge in [-0.1, -0.05) is 0 Å². The van der Waals surface area contributed by atoms with Crippen LogP contribution in [0.15, 0.2) is 40.8 Å². The van der Waals surface area contributed by atoms with E-state index < -0.39 is 0 Å². The molecule has 144 valence electrons. The number of rotatable bonds is 5. The smallest absolute Gasteiger partial charge is 0.161 e. The van der Waals surface area contributed by atoms with E-state index in [1.165, 1.54) is 10.1 Å². The number of aliphatic imine (C=N–C) groups is 1. The number of aromatic nitrogens is 1. The molecule has 0 aliphatic carbocycles. The Morgan fingerprint density at radius 2 is 2.29 bits per heavy atom. The minimum absolute atomic E-state index is 0.162. The summed E-state index contributed by atoms with van der Waals surface area (Å²) >= 11 is 1.71. The zero-order valence-electron chi connectivity index (χ0n) is 15.9. The number of hydrogen-bond acceptors (Lipinski definition) is 6. The number of anilines is 1. The number of aryl methyl sites for hydroxylation is 1. The van der Waals surface area contributed by atoms with Crippen LogP contribution in [0.2, 0.25) is 0 Å². The zero-order valence-corrected chi connectivity index (χ0v) is 16.7. The van der Waals surface area contributed by atoms with Crippen molar-refractivity contribution in [2.45, 2.75) is 25.9 Å². The van der Waals surface area contributed by atoms with Crippen molar-refractivity contribution in [3.63, 3.8) is 0 Å². The number of pyridine rings is 1. The summed E-state index contributed by atoms with van der Waals surface area (Å²) in [5, 5.41) is 6.84. The highest BCUT2D eigenvalue weighted by Gasteiger charge is 2.20. The first kappa shape index (κ1) is 17.6. The van der Waals surface area contributed by atoms with Crippen LogP contribution in [0.25, 0.3) is 10.1 Å². The quantitative estimate of drug-likeness (QED) is 0.666. The fourth-order valence-electron chi connectivity index (χ4n) is 3.83. The second-order valence-corrected chi connectivity index (χ2v) is 8.41. The summed E-state index contributed by atoms with van der Waals surface area (Å²) < 4.78 is 12.6. The van der Waals surface area contributed by atoms with Gasteiger partial charge in [0.25, 0.3) is 0 Å². The molecular weight excluding hydrogens is 370 g/mol. The number of ether oxygens (including phenoxy) is 2. The molecule has 2 aliphatic rings. The second kappa shape index (κ2) is 7.53. The van der Waals surface area contributed by atoms with E-state index in [0.717, 1.165) is 60.9 Å². The molecule has 0 radical (unpaired) electrons. The molecule has 2 unspecified atom stereocenters. The van der Waals surface area contributed by atoms with Gasteiger partial charge in [0.15, 0.2) is 6.17 Å². The minimum Gasteiger partial charge on any atom is -0.494 e. The fraction of sp³-hybridized carbons (Fsp3) is 0.364. The first-order valence-corrected chi connectivity index (χ1v) is 10.6. The molecule has 5 nitrogen and oxygen atoms in total. The second-order valence-electron chi connectivity index (χ2n) is 7.46. The number of nitrogens with one attached hydrogen (secondary N) is 1. The Kier molecular flexibility index (Phi) is 4.74. The van der Waals surface area contributed by atoms with E-state index in [4.69, 9.17) is 14.5 Å². The van der Waals surface area contributed by atoms with E-state index in [0.29, 0.717) is 5.92 Å². The lowest BCUT2D eigenvalue weighted by molar-refractivity contribution is 0.178. The van der Waals surface area contributed by atoms with Gasteiger partial charge in [0, 0.05) is 36.9 Å². The Bertz CT molecular complexity index is 1020. The van der Waals surface area contributed by atoms with Crippen LogP contribution in [0.4, 0.5) is 5.69 Å². The Hall–Kier alpha value is -2.44. The van der Waals surface area contributed by atoms with Crippen molar-refractivity contribution in [2.75, 3.05) is 25.1 Å². The molecule has 28 heavy (non-hydrogen) atoms. The molecule has 2 atom stereocenters. The van der Waals surface area contributed by atoms with Crippen molar-refractivity contribution >= 4 is 33.3 Å². The summed E-state index contributed by atoms with van der Waals surface area (Å²) in [6.07, 6.45) is 5.89. The van der Waals surface area contributed by atoms with Crippen LogP contribution in [0.3, 0.4) is 0 Å². The Balaban J connectivity index is 1.31. The fourth-order valence-corrected chi connectivity index (χ4v) is 4.57. The van der Waals surface area contributed by atoms with Crippen LogP contribution in [-0.4, -0.2) is 31.0 Å². The molecule has 5 rings (SSSR count). The van der Waals surface area contributed by atoms with Gasteiger partial charge in [-0.05, 0) is 66.3 Å². The summed E-state index contributed by atoms with van der Waals surface area (Å²) in [7, 11) is 0. The highest BCUT2D eigenvalue weighted by Crippen LogP contribution is 2.33. The maximum atomic E-state index is 6.01. The van der Waals surface area contributed by atoms with Crippen LogP contribution in [0, 0.1) is 12.8 Å². The van der Waals surface area contributed by atoms with Crippen molar-refractivity contribution in [1.82, 2.24) is 4.98 Å². The molecular formula is C22H23N3O2S. The van der Waals surface area contributed by atoms with Crippen LogP contribution in [-0.2, 0) is 4.74 Å². The monoisotopic (exact) mass is 393 g/mol. The van der Waals surface area contributed by atoms with Crippen LogP contribution in [0.5, 0.6) is 5.75 Å². The van der Waals surface area contributed by atoms with E-state index in [2.05, 4.69) is 46.9 Å². The van der Waals surface area contributed by atoms with Gasteiger partial charge in [0.05, 0.1) is 17.0 Å². The first-order valence-electron chi connectivity index (χ1n) is 9.74. The minimum atomic E-state index is -0.162. The van der Waals surface area contributed by atoms with Crippen LogP contribution in [0.1, 0.15) is 35.8 Å². The molecule has 0 bridgehead atoms. The third kappa shape index (κ3) is 3.50. The van der Waals surface area contributed by atoms with E-state index in [1.54, 1.807) is 11.3 Å². The molecule has 0 spiro atoms. The molecule has 1 fully saturated rings. The molecule has 2 aliphatic heterocycles. The summed E-state index contributed by atoms with van der Waals surface area (Å²) in [5.74, 6) is 1.54. The number of thiophene rings is 1. The summed E-state index contributed by atoms with van der Waals surface area (Å²) in [6, 6.07) is 8.40. The molecule has 2 aromatic heterocycles. The molecule has 3 aromatic rings. The van der Waals surface area contributed by atoms with Gasteiger partial charge in [0.2, 0.25) is 0 Å². The van der Waals surface area contributed by atoms with E-state index in [-0.39, 0.29) is 6.17 Å². The average molecular weight is 394 g/mol. The molecule has 1 N–H and O–H groups in total. The van der Waals surface area contributed by atoms with Crippen molar-refractivity contribution in [2.24, 2.45) is 10.9 Å². The Morgan fingerprint density at radius 1 is 1.32 bits per heavy atom. The summed E-state index contributed by atoms with van der Waals surface area (Å²) in [5.41, 5.74) is 4.26. The van der Waals surface area contributed by atoms with Crippen LogP contribution >= 0.6 is 11.3 Å². The van der Waals surface area contributed by atoms with E-state index in [9.17, 15) is 0 Å². The lowest BCUT2D eigenvalue weighted by Crippen LogP contribution is -2.17. The first-order chi connectivity index (χ1) is 13.8. The van der Waals surface area contributed by atoms with Gasteiger partial charge in [-0.2, -0.15) is 0 Å². The van der Waals surface area contributed by atoms with Gasteiger partial charge in [-0.3, -0.25) is 9.98 Å². The van der Waals surface area contributed by atoms with Gasteiger partial charge in [-0.25, -0.2) is 0 Å². The normalized spacial score (nSPS) is 20.9. The number of benzene rings is 1. The van der Waals surface area contributed by atoms with Gasteiger partial charge in [-0.15, -0.1) is 11.3 Å². The zero-order chi connectivity index (χ0) is 18.9. The number of hydrogen-bond donors (Lipinski definition) is 1. The Morgan fingerprint density at radius 3 is 3.18 bits per heavy atom. The maximum Gasteiger partial charge on any atom is 0.161 e. The van der Waals surface area contributed by atoms with Gasteiger partial charge < -0.3 is 14.8 Å². The highest BCUT2D eigenvalue weighted by atomic mass is 32.1. The number of nitrogens with zero attached hydrogens (tertiary/aromatic N) is 2. The third-order valence-electron chi connectivity index (χ3n) is 5.44. The van der Waals surface area contributed by atoms with Crippen LogP contribution < -0.4 is 10.1 Å². The predicted molar refractivity (Wildman–Crippen MR) is 114 cm³/mol. The lowest BCUT2D eigenvalue weighted by Gasteiger charge is -2.24. The standard InChI is InChI=1S/C22H23N3O2S/c1-14-8-18(27-6-3-15-2-5-26-13-15)9-17-11-24-22(25-21(14)17)19-10-16-4-7-28-20(16)12-23-19/h4,7-12,15,22,25H,2-3,5-6,13H2,1H3. The Labute approximate surface area is 168 Å². The van der Waals surface area contributed by atoms with Crippen molar-refractivity contribution in [3.8, 4) is 5.75 Å². The maximum absolute atomic E-state index is 6.01. The average Bonchev–Trinajstić information content (AvgIpc) is 3.39. The van der Waals surface area contributed by atoms with E-state index >= 15 is 0 Å². The van der Waals surface area contributed by atoms with Gasteiger partial charge >= 0.3 is 0 Å². The van der Waals surface area contributed by atoms with Gasteiger partial charge in [0.1, 0.15) is 5.75 Å². The molecule has 1 saturated heterocycles. The molecule has 0 amide bonds.